The van der Waals surface area contributed by atoms with E-state index < -0.39 is 25.5 Å². The Morgan fingerprint density at radius 2 is 2.27 bits per heavy atom. The second-order valence-electron chi connectivity index (χ2n) is 2.76. The van der Waals surface area contributed by atoms with Gasteiger partial charge in [0.15, 0.2) is 0 Å². The lowest BCUT2D eigenvalue weighted by Gasteiger charge is -1.96. The number of nitrogens with zero attached hydrogens (tertiary/aromatic N) is 3. The van der Waals surface area contributed by atoms with Crippen molar-refractivity contribution in [2.24, 2.45) is 7.05 Å². The van der Waals surface area contributed by atoms with Gasteiger partial charge in [-0.1, -0.05) is 0 Å². The first-order valence-corrected chi connectivity index (χ1v) is 6.04. The van der Waals surface area contributed by atoms with E-state index in [2.05, 4.69) is 5.10 Å². The molecule has 0 aliphatic heterocycles. The number of aromatic nitrogens is 2. The monoisotopic (exact) mass is 253 g/mol. The summed E-state index contributed by atoms with van der Waals surface area (Å²) in [6.07, 6.45) is 1.04. The predicted molar refractivity (Wildman–Crippen MR) is 52.6 cm³/mol. The minimum atomic E-state index is -3.77. The van der Waals surface area contributed by atoms with Crippen LogP contribution in [0.4, 0.5) is 5.69 Å². The Hall–Kier alpha value is -1.15. The van der Waals surface area contributed by atoms with Crippen LogP contribution in [0, 0.1) is 10.1 Å². The molecule has 0 atom stereocenters. The molecule has 0 radical (unpaired) electrons. The Morgan fingerprint density at radius 1 is 1.67 bits per heavy atom. The fourth-order valence-corrected chi connectivity index (χ4v) is 2.71. The number of hydrogen-bond donors (Lipinski definition) is 0. The van der Waals surface area contributed by atoms with E-state index in [4.69, 9.17) is 11.6 Å². The third-order valence-corrected chi connectivity index (χ3v) is 3.65. The summed E-state index contributed by atoms with van der Waals surface area (Å²) in [6.45, 7) is 0. The van der Waals surface area contributed by atoms with Gasteiger partial charge in [0.1, 0.15) is 6.20 Å². The van der Waals surface area contributed by atoms with Crippen LogP contribution in [0.5, 0.6) is 0 Å². The van der Waals surface area contributed by atoms with Crippen molar-refractivity contribution in [3.05, 3.63) is 16.3 Å². The van der Waals surface area contributed by atoms with Crippen molar-refractivity contribution in [3.63, 3.8) is 0 Å². The van der Waals surface area contributed by atoms with E-state index in [9.17, 15) is 18.5 Å². The Labute approximate surface area is 90.7 Å². The maximum atomic E-state index is 11.5. The molecule has 1 aromatic heterocycles. The summed E-state index contributed by atoms with van der Waals surface area (Å²) in [6, 6.07) is 0. The predicted octanol–water partition coefficient (Wildman–Crippen LogP) is 0.341. The zero-order valence-corrected chi connectivity index (χ0v) is 9.32. The summed E-state index contributed by atoms with van der Waals surface area (Å²) in [4.78, 5) is 9.76. The molecule has 84 valence electrons. The number of rotatable bonds is 4. The molecule has 0 aromatic carbocycles. The molecule has 1 aromatic rings. The Bertz CT molecular complexity index is 481. The first-order valence-electron chi connectivity index (χ1n) is 3.85. The number of sulfone groups is 1. The standard InChI is InChI=1S/C6H8ClN3O4S/c1-9-4-5(10(11)12)6(8-9)15(13,14)3-2-7/h4H,2-3H2,1H3. The van der Waals surface area contributed by atoms with Crippen LogP contribution >= 0.6 is 11.6 Å². The van der Waals surface area contributed by atoms with Crippen molar-refractivity contribution >= 4 is 27.1 Å². The third kappa shape index (κ3) is 2.45. The molecule has 0 unspecified atom stereocenters. The minimum Gasteiger partial charge on any atom is -0.267 e. The summed E-state index contributed by atoms with van der Waals surface area (Å²) in [5.41, 5.74) is -0.525. The van der Waals surface area contributed by atoms with E-state index in [0.29, 0.717) is 0 Å². The summed E-state index contributed by atoms with van der Waals surface area (Å²) in [7, 11) is -2.36. The van der Waals surface area contributed by atoms with Crippen LogP contribution < -0.4 is 0 Å². The molecular weight excluding hydrogens is 246 g/mol. The molecule has 0 amide bonds. The summed E-state index contributed by atoms with van der Waals surface area (Å²) >= 11 is 5.29. The minimum absolute atomic E-state index is 0.129. The number of alkyl halides is 1. The Morgan fingerprint density at radius 3 is 2.73 bits per heavy atom. The Balaban J connectivity index is 3.31. The van der Waals surface area contributed by atoms with Crippen molar-refractivity contribution in [1.82, 2.24) is 9.78 Å². The van der Waals surface area contributed by atoms with Crippen LogP contribution in [0.3, 0.4) is 0 Å². The molecule has 1 heterocycles. The van der Waals surface area contributed by atoms with E-state index in [-0.39, 0.29) is 11.6 Å². The van der Waals surface area contributed by atoms with Gasteiger partial charge < -0.3 is 0 Å². The quantitative estimate of drug-likeness (QED) is 0.438. The molecule has 0 aliphatic rings. The van der Waals surface area contributed by atoms with Crippen molar-refractivity contribution in [1.29, 1.82) is 0 Å². The molecule has 0 spiro atoms. The topological polar surface area (TPSA) is 95.1 Å². The highest BCUT2D eigenvalue weighted by Gasteiger charge is 2.29. The van der Waals surface area contributed by atoms with E-state index in [1.54, 1.807) is 0 Å². The molecule has 0 bridgehead atoms. The van der Waals surface area contributed by atoms with E-state index >= 15 is 0 Å². The molecule has 0 N–H and O–H groups in total. The highest BCUT2D eigenvalue weighted by atomic mass is 35.5. The van der Waals surface area contributed by atoms with Gasteiger partial charge in [0.2, 0.25) is 9.84 Å². The molecule has 0 fully saturated rings. The first-order chi connectivity index (χ1) is 6.88. The van der Waals surface area contributed by atoms with Gasteiger partial charge in [-0.3, -0.25) is 14.8 Å². The van der Waals surface area contributed by atoms with Crippen LogP contribution in [-0.4, -0.2) is 34.8 Å². The second kappa shape index (κ2) is 4.15. The Kier molecular flexibility index (Phi) is 3.30. The molecule has 0 saturated heterocycles. The lowest BCUT2D eigenvalue weighted by molar-refractivity contribution is -0.387. The molecule has 1 rings (SSSR count). The summed E-state index contributed by atoms with van der Waals surface area (Å²) in [5, 5.41) is 13.6. The van der Waals surface area contributed by atoms with Crippen LogP contribution in [0.1, 0.15) is 0 Å². The van der Waals surface area contributed by atoms with Crippen molar-refractivity contribution in [2.45, 2.75) is 5.03 Å². The van der Waals surface area contributed by atoms with Gasteiger partial charge in [-0.2, -0.15) is 5.10 Å². The van der Waals surface area contributed by atoms with Gasteiger partial charge in [0, 0.05) is 12.9 Å². The second-order valence-corrected chi connectivity index (χ2v) is 5.16. The fourth-order valence-electron chi connectivity index (χ4n) is 1.00. The van der Waals surface area contributed by atoms with Gasteiger partial charge in [-0.25, -0.2) is 8.42 Å². The smallest absolute Gasteiger partial charge is 0.267 e. The lowest BCUT2D eigenvalue weighted by atomic mass is 10.6. The molecule has 0 saturated carbocycles. The maximum Gasteiger partial charge on any atom is 0.325 e. The summed E-state index contributed by atoms with van der Waals surface area (Å²) in [5.74, 6) is -0.498. The van der Waals surface area contributed by atoms with Crippen LogP contribution in [0.15, 0.2) is 11.2 Å². The van der Waals surface area contributed by atoms with Crippen molar-refractivity contribution in [2.75, 3.05) is 11.6 Å². The SMILES string of the molecule is Cn1cc([N+](=O)[O-])c(S(=O)(=O)CCCl)n1. The van der Waals surface area contributed by atoms with Crippen LogP contribution in [0.2, 0.25) is 0 Å². The van der Waals surface area contributed by atoms with Gasteiger partial charge in [0.25, 0.3) is 5.03 Å². The highest BCUT2D eigenvalue weighted by molar-refractivity contribution is 7.91. The average Bonchev–Trinajstić information content (AvgIpc) is 2.47. The first kappa shape index (κ1) is 11.9. The molecule has 7 nitrogen and oxygen atoms in total. The van der Waals surface area contributed by atoms with Gasteiger partial charge in [-0.15, -0.1) is 11.6 Å². The fraction of sp³-hybridized carbons (Fsp3) is 0.500. The van der Waals surface area contributed by atoms with Crippen LogP contribution in [-0.2, 0) is 16.9 Å². The highest BCUT2D eigenvalue weighted by Crippen LogP contribution is 2.22. The largest absolute Gasteiger partial charge is 0.325 e. The van der Waals surface area contributed by atoms with E-state index in [0.717, 1.165) is 10.9 Å². The lowest BCUT2D eigenvalue weighted by Crippen LogP contribution is -2.10. The number of aryl methyl sites for hydroxylation is 1. The number of halogens is 1. The van der Waals surface area contributed by atoms with E-state index in [1.807, 2.05) is 0 Å². The zero-order chi connectivity index (χ0) is 11.6. The van der Waals surface area contributed by atoms with Gasteiger partial charge >= 0.3 is 5.69 Å². The maximum absolute atomic E-state index is 11.5. The van der Waals surface area contributed by atoms with Gasteiger partial charge in [-0.05, 0) is 0 Å². The molecule has 0 aliphatic carbocycles. The normalized spacial score (nSPS) is 11.6. The molecule has 15 heavy (non-hydrogen) atoms. The average molecular weight is 254 g/mol. The summed E-state index contributed by atoms with van der Waals surface area (Å²) < 4.78 is 24.1. The molecule has 9 heteroatoms. The number of hydrogen-bond acceptors (Lipinski definition) is 5. The third-order valence-electron chi connectivity index (χ3n) is 1.61. The number of nitro groups is 1. The molecular formula is C6H8ClN3O4S. The zero-order valence-electron chi connectivity index (χ0n) is 7.75. The van der Waals surface area contributed by atoms with Crippen molar-refractivity contribution in [3.8, 4) is 0 Å². The van der Waals surface area contributed by atoms with E-state index in [1.165, 1.54) is 7.05 Å². The van der Waals surface area contributed by atoms with Crippen LogP contribution in [0.25, 0.3) is 0 Å². The van der Waals surface area contributed by atoms with Crippen molar-refractivity contribution < 1.29 is 13.3 Å². The van der Waals surface area contributed by atoms with Gasteiger partial charge in [0.05, 0.1) is 10.7 Å².